The lowest BCUT2D eigenvalue weighted by atomic mass is 10.0. The van der Waals surface area contributed by atoms with E-state index in [9.17, 15) is 9.18 Å². The Morgan fingerprint density at radius 1 is 1.25 bits per heavy atom. The van der Waals surface area contributed by atoms with E-state index in [0.717, 1.165) is 12.8 Å². The fourth-order valence-electron chi connectivity index (χ4n) is 3.06. The predicted octanol–water partition coefficient (Wildman–Crippen LogP) is 3.81. The zero-order valence-electron chi connectivity index (χ0n) is 13.8. The van der Waals surface area contributed by atoms with Gasteiger partial charge in [0.1, 0.15) is 11.5 Å². The number of benzene rings is 1. The highest BCUT2D eigenvalue weighted by molar-refractivity contribution is 5.88. The summed E-state index contributed by atoms with van der Waals surface area (Å²) in [6.45, 7) is 2.16. The second-order valence-corrected chi connectivity index (χ2v) is 6.34. The molecule has 1 aromatic heterocycles. The summed E-state index contributed by atoms with van der Waals surface area (Å²) in [4.78, 5) is 20.5. The van der Waals surface area contributed by atoms with Crippen molar-refractivity contribution in [3.05, 3.63) is 42.0 Å². The summed E-state index contributed by atoms with van der Waals surface area (Å²) in [7, 11) is 1.30. The average molecular weight is 329 g/mol. The largest absolute Gasteiger partial charge is 0.464 e. The van der Waals surface area contributed by atoms with Gasteiger partial charge in [-0.2, -0.15) is 0 Å². The fourth-order valence-corrected chi connectivity index (χ4v) is 3.06. The maximum Gasteiger partial charge on any atom is 0.358 e. The molecule has 1 aliphatic carbocycles. The van der Waals surface area contributed by atoms with Gasteiger partial charge in [-0.1, -0.05) is 12.8 Å². The van der Waals surface area contributed by atoms with Gasteiger partial charge in [0.05, 0.1) is 13.3 Å². The van der Waals surface area contributed by atoms with E-state index < -0.39 is 5.97 Å². The molecule has 24 heavy (non-hydrogen) atoms. The number of esters is 1. The van der Waals surface area contributed by atoms with Crippen LogP contribution in [0.25, 0.3) is 11.3 Å². The van der Waals surface area contributed by atoms with Crippen LogP contribution in [-0.4, -0.2) is 28.6 Å². The van der Waals surface area contributed by atoms with Crippen LogP contribution in [0, 0.1) is 5.82 Å². The predicted molar refractivity (Wildman–Crippen MR) is 89.3 cm³/mol. The van der Waals surface area contributed by atoms with Crippen molar-refractivity contribution in [1.82, 2.24) is 9.97 Å². The molecule has 0 atom stereocenters. The molecule has 1 aromatic carbocycles. The lowest BCUT2D eigenvalue weighted by Crippen LogP contribution is -2.31. The first-order valence-electron chi connectivity index (χ1n) is 8.00. The van der Waals surface area contributed by atoms with Gasteiger partial charge in [-0.15, -0.1) is 0 Å². The first-order valence-corrected chi connectivity index (χ1v) is 8.00. The molecule has 1 heterocycles. The summed E-state index contributed by atoms with van der Waals surface area (Å²) in [6, 6.07) is 5.98. The Morgan fingerprint density at radius 3 is 2.54 bits per heavy atom. The fraction of sp³-hybridized carbons (Fsp3) is 0.389. The molecule has 5 nitrogen and oxygen atoms in total. The highest BCUT2D eigenvalue weighted by Crippen LogP contribution is 2.35. The number of hydrogen-bond acceptors (Lipinski definition) is 5. The van der Waals surface area contributed by atoms with Crippen LogP contribution in [-0.2, 0) is 4.74 Å². The van der Waals surface area contributed by atoms with E-state index in [4.69, 9.17) is 4.74 Å². The van der Waals surface area contributed by atoms with Crippen LogP contribution in [0.1, 0.15) is 43.1 Å². The number of nitrogens with one attached hydrogen (secondary N) is 1. The van der Waals surface area contributed by atoms with Gasteiger partial charge in [-0.25, -0.2) is 19.2 Å². The van der Waals surface area contributed by atoms with Gasteiger partial charge in [0, 0.05) is 11.1 Å². The first-order chi connectivity index (χ1) is 11.5. The molecule has 0 saturated heterocycles. The van der Waals surface area contributed by atoms with Gasteiger partial charge in [-0.3, -0.25) is 0 Å². The minimum absolute atomic E-state index is 0.0454. The molecule has 0 radical (unpaired) electrons. The van der Waals surface area contributed by atoms with E-state index in [1.54, 1.807) is 12.1 Å². The summed E-state index contributed by atoms with van der Waals surface area (Å²) in [6.07, 6.45) is 5.85. The molecule has 1 saturated carbocycles. The Morgan fingerprint density at radius 2 is 1.92 bits per heavy atom. The molecule has 0 bridgehead atoms. The summed E-state index contributed by atoms with van der Waals surface area (Å²) in [5, 5.41) is 3.46. The van der Waals surface area contributed by atoms with Crippen LogP contribution in [0.4, 0.5) is 10.2 Å². The smallest absolute Gasteiger partial charge is 0.358 e. The average Bonchev–Trinajstić information content (AvgIpc) is 3.01. The second kappa shape index (κ2) is 6.55. The molecule has 3 rings (SSSR count). The minimum Gasteiger partial charge on any atom is -0.464 e. The molecule has 2 aromatic rings. The lowest BCUT2D eigenvalue weighted by molar-refractivity contribution is 0.0593. The molecular formula is C18H20FN3O2. The number of carbonyl (C=O) groups is 1. The van der Waals surface area contributed by atoms with E-state index in [2.05, 4.69) is 22.2 Å². The number of rotatable bonds is 4. The topological polar surface area (TPSA) is 64.1 Å². The highest BCUT2D eigenvalue weighted by atomic mass is 19.1. The van der Waals surface area contributed by atoms with Crippen molar-refractivity contribution >= 4 is 11.8 Å². The van der Waals surface area contributed by atoms with Crippen molar-refractivity contribution in [2.75, 3.05) is 12.4 Å². The summed E-state index contributed by atoms with van der Waals surface area (Å²) >= 11 is 0. The van der Waals surface area contributed by atoms with Crippen molar-refractivity contribution < 1.29 is 13.9 Å². The van der Waals surface area contributed by atoms with Crippen LogP contribution >= 0.6 is 0 Å². The maximum absolute atomic E-state index is 13.2. The Hall–Kier alpha value is -2.50. The van der Waals surface area contributed by atoms with Crippen LogP contribution in [0.5, 0.6) is 0 Å². The minimum atomic E-state index is -0.551. The maximum atomic E-state index is 13.2. The van der Waals surface area contributed by atoms with E-state index in [-0.39, 0.29) is 17.1 Å². The van der Waals surface area contributed by atoms with Crippen LogP contribution in [0.3, 0.4) is 0 Å². The van der Waals surface area contributed by atoms with E-state index in [0.29, 0.717) is 17.1 Å². The number of nitrogens with zero attached hydrogens (tertiary/aromatic N) is 2. The number of methoxy groups -OCH3 is 1. The highest BCUT2D eigenvalue weighted by Gasteiger charge is 2.30. The Balaban J connectivity index is 2.03. The number of anilines is 1. The molecule has 1 N–H and O–H groups in total. The quantitative estimate of drug-likeness (QED) is 0.864. The molecule has 0 aliphatic heterocycles. The molecule has 126 valence electrons. The Labute approximate surface area is 140 Å². The van der Waals surface area contributed by atoms with Gasteiger partial charge in [0.15, 0.2) is 11.5 Å². The molecule has 0 spiro atoms. The first kappa shape index (κ1) is 16.4. The lowest BCUT2D eigenvalue weighted by Gasteiger charge is -2.27. The standard InChI is InChI=1S/C18H20FN3O2/c1-18(9-3-4-10-18)22-16-15(12-5-7-13(19)8-6-12)21-14(11-20-16)17(23)24-2/h5-8,11H,3-4,9-10H2,1-2H3,(H,20,22). The number of aromatic nitrogens is 2. The van der Waals surface area contributed by atoms with Crippen molar-refractivity contribution in [2.45, 2.75) is 38.1 Å². The molecule has 6 heteroatoms. The number of hydrogen-bond donors (Lipinski definition) is 1. The van der Waals surface area contributed by atoms with Gasteiger partial charge < -0.3 is 10.1 Å². The van der Waals surface area contributed by atoms with Crippen LogP contribution < -0.4 is 5.32 Å². The van der Waals surface area contributed by atoms with Crippen LogP contribution in [0.2, 0.25) is 0 Å². The number of ether oxygens (including phenoxy) is 1. The molecule has 0 unspecified atom stereocenters. The summed E-state index contributed by atoms with van der Waals surface area (Å²) < 4.78 is 17.9. The van der Waals surface area contributed by atoms with E-state index in [1.165, 1.54) is 38.3 Å². The van der Waals surface area contributed by atoms with Gasteiger partial charge in [0.2, 0.25) is 0 Å². The van der Waals surface area contributed by atoms with Crippen molar-refractivity contribution in [1.29, 1.82) is 0 Å². The third-order valence-corrected chi connectivity index (χ3v) is 4.41. The molecule has 1 fully saturated rings. The summed E-state index contributed by atoms with van der Waals surface area (Å²) in [5.41, 5.74) is 1.29. The summed E-state index contributed by atoms with van der Waals surface area (Å²) in [5.74, 6) is -0.281. The SMILES string of the molecule is COC(=O)c1cnc(NC2(C)CCCC2)c(-c2ccc(F)cc2)n1. The Kier molecular flexibility index (Phi) is 4.46. The third-order valence-electron chi connectivity index (χ3n) is 4.41. The van der Waals surface area contributed by atoms with Crippen molar-refractivity contribution in [3.8, 4) is 11.3 Å². The monoisotopic (exact) mass is 329 g/mol. The second-order valence-electron chi connectivity index (χ2n) is 6.34. The molecular weight excluding hydrogens is 309 g/mol. The van der Waals surface area contributed by atoms with E-state index in [1.807, 2.05) is 0 Å². The molecule has 0 amide bonds. The van der Waals surface area contributed by atoms with E-state index >= 15 is 0 Å². The zero-order chi connectivity index (χ0) is 17.2. The number of carbonyl (C=O) groups excluding carboxylic acids is 1. The Bertz CT molecular complexity index is 740. The zero-order valence-corrected chi connectivity index (χ0v) is 13.8. The van der Waals surface area contributed by atoms with Crippen molar-refractivity contribution in [2.24, 2.45) is 0 Å². The molecule has 1 aliphatic rings. The third kappa shape index (κ3) is 3.37. The number of halogens is 1. The van der Waals surface area contributed by atoms with Gasteiger partial charge in [-0.05, 0) is 44.0 Å². The normalized spacial score (nSPS) is 16.0. The van der Waals surface area contributed by atoms with Crippen molar-refractivity contribution in [3.63, 3.8) is 0 Å². The van der Waals surface area contributed by atoms with Crippen LogP contribution in [0.15, 0.2) is 30.5 Å². The van der Waals surface area contributed by atoms with Gasteiger partial charge in [0.25, 0.3) is 0 Å². The van der Waals surface area contributed by atoms with Gasteiger partial charge >= 0.3 is 5.97 Å².